The molecule has 0 N–H and O–H groups in total. The quantitative estimate of drug-likeness (QED) is 0.795. The van der Waals surface area contributed by atoms with E-state index in [4.69, 9.17) is 16.3 Å². The lowest BCUT2D eigenvalue weighted by molar-refractivity contribution is 0.401. The van der Waals surface area contributed by atoms with Gasteiger partial charge in [-0.15, -0.1) is 0 Å². The Bertz CT molecular complexity index is 560. The van der Waals surface area contributed by atoms with Gasteiger partial charge in [-0.3, -0.25) is 4.98 Å². The van der Waals surface area contributed by atoms with Gasteiger partial charge in [-0.1, -0.05) is 23.4 Å². The number of aromatic nitrogens is 2. The monoisotopic (exact) mass is 278 g/mol. The minimum Gasteiger partial charge on any atom is -0.494 e. The lowest BCUT2D eigenvalue weighted by Crippen LogP contribution is -1.87. The van der Waals surface area contributed by atoms with E-state index >= 15 is 0 Å². The Labute approximate surface area is 115 Å². The molecule has 2 heterocycles. The minimum absolute atomic E-state index is 0.627. The molecule has 0 atom stereocenters. The van der Waals surface area contributed by atoms with Crippen molar-refractivity contribution < 1.29 is 4.74 Å². The van der Waals surface area contributed by atoms with Gasteiger partial charge in [-0.05, 0) is 35.7 Å². The molecule has 0 bridgehead atoms. The van der Waals surface area contributed by atoms with Crippen LogP contribution < -0.4 is 4.74 Å². The van der Waals surface area contributed by atoms with Crippen molar-refractivity contribution in [2.45, 2.75) is 5.03 Å². The van der Waals surface area contributed by atoms with Crippen molar-refractivity contribution in [1.29, 1.82) is 0 Å². The van der Waals surface area contributed by atoms with Gasteiger partial charge in [0, 0.05) is 12.4 Å². The van der Waals surface area contributed by atoms with Crippen molar-refractivity contribution in [2.75, 3.05) is 7.11 Å². The molecule has 0 aromatic carbocycles. The van der Waals surface area contributed by atoms with E-state index in [0.29, 0.717) is 5.02 Å². The molecule has 5 heteroatoms. The Kier molecular flexibility index (Phi) is 4.61. The zero-order chi connectivity index (χ0) is 12.8. The number of hydrogen-bond donors (Lipinski definition) is 0. The maximum absolute atomic E-state index is 6.00. The number of halogens is 1. The van der Waals surface area contributed by atoms with E-state index in [1.165, 1.54) is 11.8 Å². The molecular formula is C13H11ClN2OS. The topological polar surface area (TPSA) is 35.0 Å². The van der Waals surface area contributed by atoms with Crippen molar-refractivity contribution in [3.63, 3.8) is 0 Å². The molecule has 0 saturated carbocycles. The second-order valence-electron chi connectivity index (χ2n) is 3.30. The fraction of sp³-hybridized carbons (Fsp3) is 0.0769. The number of methoxy groups -OCH3 is 1. The van der Waals surface area contributed by atoms with Gasteiger partial charge in [-0.25, -0.2) is 4.98 Å². The van der Waals surface area contributed by atoms with Crippen LogP contribution in [0.15, 0.2) is 47.1 Å². The highest BCUT2D eigenvalue weighted by molar-refractivity contribution is 8.02. The first-order valence-electron chi connectivity index (χ1n) is 5.24. The maximum atomic E-state index is 6.00. The number of nitrogens with zero attached hydrogens (tertiary/aromatic N) is 2. The molecule has 0 spiro atoms. The van der Waals surface area contributed by atoms with Crippen LogP contribution in [-0.4, -0.2) is 17.1 Å². The van der Waals surface area contributed by atoms with Crippen LogP contribution in [0.1, 0.15) is 5.69 Å². The highest BCUT2D eigenvalue weighted by Crippen LogP contribution is 2.27. The summed E-state index contributed by atoms with van der Waals surface area (Å²) >= 11 is 7.46. The van der Waals surface area contributed by atoms with Gasteiger partial charge in [-0.2, -0.15) is 0 Å². The van der Waals surface area contributed by atoms with Gasteiger partial charge >= 0.3 is 0 Å². The number of rotatable bonds is 4. The number of ether oxygens (including phenoxy) is 1. The van der Waals surface area contributed by atoms with Crippen molar-refractivity contribution in [3.05, 3.63) is 52.8 Å². The normalized spacial score (nSPS) is 10.8. The second-order valence-corrected chi connectivity index (χ2v) is 4.60. The van der Waals surface area contributed by atoms with Gasteiger partial charge < -0.3 is 4.74 Å². The predicted molar refractivity (Wildman–Crippen MR) is 74.9 cm³/mol. The van der Waals surface area contributed by atoms with Gasteiger partial charge in [0.2, 0.25) is 0 Å². The first-order chi connectivity index (χ1) is 8.81. The van der Waals surface area contributed by atoms with Crippen LogP contribution in [0.4, 0.5) is 0 Å². The van der Waals surface area contributed by atoms with E-state index in [2.05, 4.69) is 9.97 Å². The zero-order valence-corrected chi connectivity index (χ0v) is 11.3. The van der Waals surface area contributed by atoms with Gasteiger partial charge in [0.15, 0.2) is 5.75 Å². The molecule has 0 radical (unpaired) electrons. The Morgan fingerprint density at radius 2 is 2.00 bits per heavy atom. The summed E-state index contributed by atoms with van der Waals surface area (Å²) < 4.78 is 5.21. The molecule has 0 fully saturated rings. The molecule has 0 aliphatic heterocycles. The number of pyridine rings is 2. The van der Waals surface area contributed by atoms with Crippen LogP contribution >= 0.6 is 23.4 Å². The van der Waals surface area contributed by atoms with E-state index < -0.39 is 0 Å². The highest BCUT2D eigenvalue weighted by atomic mass is 35.5. The molecule has 2 rings (SSSR count). The Hall–Kier alpha value is -1.52. The molecule has 0 aliphatic carbocycles. The molecule has 0 amide bonds. The van der Waals surface area contributed by atoms with E-state index in [1.54, 1.807) is 31.6 Å². The Balaban J connectivity index is 2.10. The summed E-state index contributed by atoms with van der Waals surface area (Å²) in [5.41, 5.74) is 0.738. The van der Waals surface area contributed by atoms with E-state index in [1.807, 2.05) is 23.6 Å². The average molecular weight is 279 g/mol. The second kappa shape index (κ2) is 6.42. The summed E-state index contributed by atoms with van der Waals surface area (Å²) in [7, 11) is 1.63. The average Bonchev–Trinajstić information content (AvgIpc) is 2.41. The molecule has 2 aromatic heterocycles. The van der Waals surface area contributed by atoms with Crippen molar-refractivity contribution in [3.8, 4) is 5.75 Å². The summed E-state index contributed by atoms with van der Waals surface area (Å²) in [5, 5.41) is 3.32. The summed E-state index contributed by atoms with van der Waals surface area (Å²) in [4.78, 5) is 8.40. The lowest BCUT2D eigenvalue weighted by atomic mass is 10.3. The van der Waals surface area contributed by atoms with E-state index in [9.17, 15) is 0 Å². The fourth-order valence-electron chi connectivity index (χ4n) is 1.30. The van der Waals surface area contributed by atoms with Crippen LogP contribution in [0.2, 0.25) is 5.02 Å². The van der Waals surface area contributed by atoms with E-state index in [-0.39, 0.29) is 0 Å². The Morgan fingerprint density at radius 1 is 1.22 bits per heavy atom. The Morgan fingerprint density at radius 3 is 2.78 bits per heavy atom. The van der Waals surface area contributed by atoms with Crippen molar-refractivity contribution >= 4 is 29.4 Å². The van der Waals surface area contributed by atoms with Crippen LogP contribution in [0, 0.1) is 0 Å². The van der Waals surface area contributed by atoms with Crippen LogP contribution in [0.3, 0.4) is 0 Å². The third-order valence-electron chi connectivity index (χ3n) is 2.15. The van der Waals surface area contributed by atoms with Gasteiger partial charge in [0.1, 0.15) is 5.03 Å². The van der Waals surface area contributed by atoms with Crippen molar-refractivity contribution in [2.24, 2.45) is 0 Å². The fourth-order valence-corrected chi connectivity index (χ4v) is 2.20. The molecule has 0 aliphatic rings. The molecule has 2 aromatic rings. The zero-order valence-electron chi connectivity index (χ0n) is 9.71. The molecule has 0 saturated heterocycles. The van der Waals surface area contributed by atoms with Crippen LogP contribution in [-0.2, 0) is 0 Å². The molecule has 3 nitrogen and oxygen atoms in total. The summed E-state index contributed by atoms with van der Waals surface area (Å²) in [6.07, 6.45) is 5.28. The van der Waals surface area contributed by atoms with E-state index in [0.717, 1.165) is 16.5 Å². The first kappa shape index (κ1) is 12.9. The van der Waals surface area contributed by atoms with Crippen LogP contribution in [0.5, 0.6) is 5.75 Å². The molecular weight excluding hydrogens is 268 g/mol. The molecule has 92 valence electrons. The standard InChI is InChI=1S/C13H11ClN2OS/c1-17-12-5-3-8-16-13(12)18-9-6-11-10(14)4-2-7-15-11/h2-9H,1H3/b9-6+. The predicted octanol–water partition coefficient (Wildman–Crippen LogP) is 3.90. The third-order valence-corrected chi connectivity index (χ3v) is 3.27. The lowest BCUT2D eigenvalue weighted by Gasteiger charge is -2.03. The SMILES string of the molecule is COc1cccnc1S/C=C/c1ncccc1Cl. The highest BCUT2D eigenvalue weighted by Gasteiger charge is 2.01. The molecule has 0 unspecified atom stereocenters. The van der Waals surface area contributed by atoms with Gasteiger partial charge in [0.25, 0.3) is 0 Å². The van der Waals surface area contributed by atoms with Gasteiger partial charge in [0.05, 0.1) is 17.8 Å². The summed E-state index contributed by atoms with van der Waals surface area (Å²) in [5.74, 6) is 0.749. The summed E-state index contributed by atoms with van der Waals surface area (Å²) in [6.45, 7) is 0. The minimum atomic E-state index is 0.627. The molecule has 18 heavy (non-hydrogen) atoms. The number of hydrogen-bond acceptors (Lipinski definition) is 4. The first-order valence-corrected chi connectivity index (χ1v) is 6.50. The van der Waals surface area contributed by atoms with Crippen molar-refractivity contribution in [1.82, 2.24) is 9.97 Å². The maximum Gasteiger partial charge on any atom is 0.151 e. The third kappa shape index (κ3) is 3.24. The largest absolute Gasteiger partial charge is 0.494 e. The summed E-state index contributed by atoms with van der Waals surface area (Å²) in [6, 6.07) is 7.31. The smallest absolute Gasteiger partial charge is 0.151 e. The number of thioether (sulfide) groups is 1. The van der Waals surface area contributed by atoms with Crippen LogP contribution in [0.25, 0.3) is 6.08 Å².